The zero-order chi connectivity index (χ0) is 17.2. The van der Waals surface area contributed by atoms with E-state index >= 15 is 0 Å². The number of halogens is 1. The smallest absolute Gasteiger partial charge is 0.243 e. The van der Waals surface area contributed by atoms with Gasteiger partial charge in [0, 0.05) is 25.7 Å². The van der Waals surface area contributed by atoms with Crippen LogP contribution in [0.5, 0.6) is 0 Å². The van der Waals surface area contributed by atoms with Crippen molar-refractivity contribution in [1.82, 2.24) is 9.62 Å². The number of amides is 1. The first-order valence-electron chi connectivity index (χ1n) is 8.58. The lowest BCUT2D eigenvalue weighted by atomic mass is 9.98. The molecule has 2 aliphatic rings. The Bertz CT molecular complexity index is 680. The zero-order valence-electron chi connectivity index (χ0n) is 14.1. The van der Waals surface area contributed by atoms with Crippen LogP contribution in [0, 0.1) is 11.8 Å². The Morgan fingerprint density at radius 2 is 1.92 bits per heavy atom. The zero-order valence-corrected chi connectivity index (χ0v) is 15.8. The van der Waals surface area contributed by atoms with E-state index in [1.54, 1.807) is 30.3 Å². The van der Waals surface area contributed by atoms with E-state index in [1.165, 1.54) is 4.31 Å². The second kappa shape index (κ2) is 8.49. The van der Waals surface area contributed by atoms with Crippen molar-refractivity contribution in [2.24, 2.45) is 17.6 Å². The van der Waals surface area contributed by atoms with E-state index in [0.717, 1.165) is 12.8 Å². The number of benzene rings is 1. The average molecular weight is 388 g/mol. The lowest BCUT2D eigenvalue weighted by molar-refractivity contribution is -0.126. The molecular formula is C17H26ClN3O3S. The predicted octanol–water partition coefficient (Wildman–Crippen LogP) is 1.36. The van der Waals surface area contributed by atoms with Crippen molar-refractivity contribution in [2.45, 2.75) is 36.6 Å². The topological polar surface area (TPSA) is 92.5 Å². The summed E-state index contributed by atoms with van der Waals surface area (Å²) in [5, 5.41) is 3.02. The molecule has 3 N–H and O–H groups in total. The van der Waals surface area contributed by atoms with Gasteiger partial charge in [-0.05, 0) is 43.7 Å². The van der Waals surface area contributed by atoms with Crippen molar-refractivity contribution in [3.8, 4) is 0 Å². The third kappa shape index (κ3) is 4.73. The average Bonchev–Trinajstić information content (AvgIpc) is 3.45. The maximum absolute atomic E-state index is 12.7. The second-order valence-corrected chi connectivity index (χ2v) is 8.64. The first kappa shape index (κ1) is 20.2. The fraction of sp³-hybridized carbons (Fsp3) is 0.588. The molecule has 2 unspecified atom stereocenters. The molecule has 1 amide bonds. The maximum atomic E-state index is 12.7. The van der Waals surface area contributed by atoms with Crippen LogP contribution in [0.3, 0.4) is 0 Å². The summed E-state index contributed by atoms with van der Waals surface area (Å²) < 4.78 is 26.9. The summed E-state index contributed by atoms with van der Waals surface area (Å²) in [4.78, 5) is 12.8. The summed E-state index contributed by atoms with van der Waals surface area (Å²) >= 11 is 0. The minimum absolute atomic E-state index is 0. The van der Waals surface area contributed by atoms with Gasteiger partial charge in [0.05, 0.1) is 10.8 Å². The molecule has 6 nitrogen and oxygen atoms in total. The normalized spacial score (nSPS) is 22.7. The molecule has 1 aromatic carbocycles. The standard InChI is InChI=1S/C17H25N3O3S.ClH/c18-11-16(13-8-9-13)19-17(21)14-5-4-10-20(12-14)24(22,23)15-6-2-1-3-7-15;/h1-3,6-7,13-14,16H,4-5,8-12,18H2,(H,19,21);1H. The molecule has 140 valence electrons. The number of carbonyl (C=O) groups excluding carboxylic acids is 1. The highest BCUT2D eigenvalue weighted by molar-refractivity contribution is 7.89. The first-order chi connectivity index (χ1) is 11.5. The Balaban J connectivity index is 0.00000225. The molecule has 3 rings (SSSR count). The lowest BCUT2D eigenvalue weighted by Gasteiger charge is -2.32. The number of rotatable bonds is 6. The Kier molecular flexibility index (Phi) is 6.85. The van der Waals surface area contributed by atoms with Gasteiger partial charge in [0.1, 0.15) is 0 Å². The number of piperidine rings is 1. The molecule has 2 atom stereocenters. The molecule has 1 aliphatic heterocycles. The second-order valence-electron chi connectivity index (χ2n) is 6.70. The first-order valence-corrected chi connectivity index (χ1v) is 10.0. The van der Waals surface area contributed by atoms with E-state index < -0.39 is 10.0 Å². The van der Waals surface area contributed by atoms with Crippen molar-refractivity contribution in [2.75, 3.05) is 19.6 Å². The van der Waals surface area contributed by atoms with Crippen molar-refractivity contribution < 1.29 is 13.2 Å². The summed E-state index contributed by atoms with van der Waals surface area (Å²) in [6.45, 7) is 1.14. The van der Waals surface area contributed by atoms with Crippen LogP contribution in [0.2, 0.25) is 0 Å². The van der Waals surface area contributed by atoms with Crippen LogP contribution < -0.4 is 11.1 Å². The number of nitrogens with one attached hydrogen (secondary N) is 1. The maximum Gasteiger partial charge on any atom is 0.243 e. The molecule has 0 bridgehead atoms. The fourth-order valence-corrected chi connectivity index (χ4v) is 4.83. The highest BCUT2D eigenvalue weighted by Gasteiger charge is 2.36. The Labute approximate surface area is 155 Å². The number of nitrogens with zero attached hydrogens (tertiary/aromatic N) is 1. The van der Waals surface area contributed by atoms with Crippen LogP contribution in [-0.2, 0) is 14.8 Å². The van der Waals surface area contributed by atoms with Gasteiger partial charge in [-0.1, -0.05) is 18.2 Å². The van der Waals surface area contributed by atoms with Gasteiger partial charge in [-0.2, -0.15) is 4.31 Å². The van der Waals surface area contributed by atoms with Crippen molar-refractivity contribution >= 4 is 28.3 Å². The predicted molar refractivity (Wildman–Crippen MR) is 98.9 cm³/mol. The molecule has 1 saturated carbocycles. The van der Waals surface area contributed by atoms with Gasteiger partial charge in [-0.25, -0.2) is 8.42 Å². The molecule has 0 spiro atoms. The molecule has 1 aromatic rings. The molecule has 25 heavy (non-hydrogen) atoms. The summed E-state index contributed by atoms with van der Waals surface area (Å²) in [7, 11) is -3.54. The van der Waals surface area contributed by atoms with Gasteiger partial charge in [-0.3, -0.25) is 4.79 Å². The Morgan fingerprint density at radius 3 is 2.52 bits per heavy atom. The molecular weight excluding hydrogens is 362 g/mol. The summed E-state index contributed by atoms with van der Waals surface area (Å²) in [6, 6.07) is 8.42. The highest BCUT2D eigenvalue weighted by Crippen LogP contribution is 2.32. The number of hydrogen-bond donors (Lipinski definition) is 2. The summed E-state index contributed by atoms with van der Waals surface area (Å²) in [6.07, 6.45) is 3.64. The summed E-state index contributed by atoms with van der Waals surface area (Å²) in [5.74, 6) is 0.127. The van der Waals surface area contributed by atoms with Crippen LogP contribution in [0.25, 0.3) is 0 Å². The van der Waals surface area contributed by atoms with E-state index in [-0.39, 0.29) is 41.7 Å². The van der Waals surface area contributed by atoms with Crippen LogP contribution in [0.1, 0.15) is 25.7 Å². The molecule has 0 radical (unpaired) electrons. The highest BCUT2D eigenvalue weighted by atomic mass is 35.5. The van der Waals surface area contributed by atoms with Crippen LogP contribution >= 0.6 is 12.4 Å². The van der Waals surface area contributed by atoms with Crippen molar-refractivity contribution in [3.63, 3.8) is 0 Å². The minimum Gasteiger partial charge on any atom is -0.352 e. The number of nitrogens with two attached hydrogens (primary N) is 1. The van der Waals surface area contributed by atoms with E-state index in [2.05, 4.69) is 5.32 Å². The number of hydrogen-bond acceptors (Lipinski definition) is 4. The monoisotopic (exact) mass is 387 g/mol. The van der Waals surface area contributed by atoms with Crippen LogP contribution in [0.15, 0.2) is 35.2 Å². The van der Waals surface area contributed by atoms with E-state index in [4.69, 9.17) is 5.73 Å². The largest absolute Gasteiger partial charge is 0.352 e. The Hall–Kier alpha value is -1.15. The van der Waals surface area contributed by atoms with Gasteiger partial charge >= 0.3 is 0 Å². The van der Waals surface area contributed by atoms with E-state index in [9.17, 15) is 13.2 Å². The van der Waals surface area contributed by atoms with Crippen molar-refractivity contribution in [1.29, 1.82) is 0 Å². The van der Waals surface area contributed by atoms with Gasteiger partial charge in [0.2, 0.25) is 15.9 Å². The molecule has 1 aliphatic carbocycles. The van der Waals surface area contributed by atoms with Crippen LogP contribution in [0.4, 0.5) is 0 Å². The molecule has 0 aromatic heterocycles. The Morgan fingerprint density at radius 1 is 1.24 bits per heavy atom. The number of sulfonamides is 1. The minimum atomic E-state index is -3.54. The molecule has 2 fully saturated rings. The molecule has 8 heteroatoms. The van der Waals surface area contributed by atoms with Gasteiger partial charge in [0.15, 0.2) is 0 Å². The quantitative estimate of drug-likeness (QED) is 0.770. The van der Waals surface area contributed by atoms with Gasteiger partial charge < -0.3 is 11.1 Å². The fourth-order valence-electron chi connectivity index (χ4n) is 3.28. The van der Waals surface area contributed by atoms with E-state index in [0.29, 0.717) is 31.8 Å². The lowest BCUT2D eigenvalue weighted by Crippen LogP contribution is -2.49. The number of carbonyl (C=O) groups is 1. The van der Waals surface area contributed by atoms with Crippen LogP contribution in [-0.4, -0.2) is 44.3 Å². The third-order valence-corrected chi connectivity index (χ3v) is 6.79. The SMILES string of the molecule is Cl.NCC(NC(=O)C1CCCN(S(=O)(=O)c2ccccc2)C1)C1CC1. The molecule has 1 heterocycles. The third-order valence-electron chi connectivity index (χ3n) is 4.91. The van der Waals surface area contributed by atoms with Gasteiger partial charge in [0.25, 0.3) is 0 Å². The van der Waals surface area contributed by atoms with Crippen molar-refractivity contribution in [3.05, 3.63) is 30.3 Å². The van der Waals surface area contributed by atoms with E-state index in [1.807, 2.05) is 0 Å². The summed E-state index contributed by atoms with van der Waals surface area (Å²) in [5.41, 5.74) is 5.74. The van der Waals surface area contributed by atoms with Gasteiger partial charge in [-0.15, -0.1) is 12.4 Å². The molecule has 1 saturated heterocycles.